The Bertz CT molecular complexity index is 777. The van der Waals surface area contributed by atoms with Crippen LogP contribution < -0.4 is 11.1 Å². The van der Waals surface area contributed by atoms with E-state index in [0.717, 1.165) is 17.7 Å². The number of sulfonamides is 1. The van der Waals surface area contributed by atoms with Gasteiger partial charge in [0, 0.05) is 36.2 Å². The van der Waals surface area contributed by atoms with Crippen LogP contribution in [0.2, 0.25) is 0 Å². The quantitative estimate of drug-likeness (QED) is 0.844. The summed E-state index contributed by atoms with van der Waals surface area (Å²) in [5, 5.41) is 2.80. The molecule has 2 atom stereocenters. The number of hydrogen-bond acceptors (Lipinski definition) is 5. The zero-order valence-corrected chi connectivity index (χ0v) is 14.9. The molecule has 1 amide bonds. The summed E-state index contributed by atoms with van der Waals surface area (Å²) in [7, 11) is -3.58. The van der Waals surface area contributed by atoms with Crippen LogP contribution in [0.5, 0.6) is 0 Å². The summed E-state index contributed by atoms with van der Waals surface area (Å²) < 4.78 is 27.5. The second-order valence-electron chi connectivity index (χ2n) is 6.79. The molecule has 24 heavy (non-hydrogen) atoms. The maximum Gasteiger partial charge on any atom is 0.243 e. The number of amides is 1. The van der Waals surface area contributed by atoms with Gasteiger partial charge in [-0.2, -0.15) is 4.31 Å². The summed E-state index contributed by atoms with van der Waals surface area (Å²) in [6.45, 7) is 0.883. The highest BCUT2D eigenvalue weighted by atomic mass is 32.2. The Labute approximate surface area is 146 Å². The molecule has 4 rings (SSSR count). The maximum atomic E-state index is 13.0. The fraction of sp³-hybridized carbons (Fsp3) is 0.562. The largest absolute Gasteiger partial charge is 0.326 e. The molecular weight excluding hydrogens is 346 g/mol. The van der Waals surface area contributed by atoms with Gasteiger partial charge >= 0.3 is 0 Å². The normalized spacial score (nSPS) is 28.3. The summed E-state index contributed by atoms with van der Waals surface area (Å²) in [6.07, 6.45) is 2.76. The van der Waals surface area contributed by atoms with Crippen LogP contribution in [0.4, 0.5) is 5.69 Å². The van der Waals surface area contributed by atoms with Crippen LogP contribution in [0.15, 0.2) is 28.0 Å². The number of nitrogens with zero attached hydrogens (tertiary/aromatic N) is 1. The van der Waals surface area contributed by atoms with Crippen molar-refractivity contribution >= 4 is 33.4 Å². The monoisotopic (exact) mass is 367 g/mol. The highest BCUT2D eigenvalue weighted by molar-refractivity contribution is 7.99. The first-order valence-electron chi connectivity index (χ1n) is 8.27. The number of anilines is 1. The lowest BCUT2D eigenvalue weighted by molar-refractivity contribution is -0.115. The highest BCUT2D eigenvalue weighted by Gasteiger charge is 2.44. The molecule has 0 radical (unpaired) electrons. The first kappa shape index (κ1) is 16.4. The van der Waals surface area contributed by atoms with Crippen molar-refractivity contribution in [3.8, 4) is 0 Å². The van der Waals surface area contributed by atoms with E-state index in [1.54, 1.807) is 30.0 Å². The molecule has 0 bridgehead atoms. The van der Waals surface area contributed by atoms with Gasteiger partial charge in [-0.25, -0.2) is 8.42 Å². The zero-order valence-electron chi connectivity index (χ0n) is 13.3. The number of benzene rings is 1. The molecule has 1 aliphatic carbocycles. The van der Waals surface area contributed by atoms with Crippen molar-refractivity contribution in [3.05, 3.63) is 18.2 Å². The minimum atomic E-state index is -3.58. The van der Waals surface area contributed by atoms with E-state index in [-0.39, 0.29) is 22.8 Å². The van der Waals surface area contributed by atoms with Crippen LogP contribution in [0.25, 0.3) is 0 Å². The molecule has 0 spiro atoms. The molecule has 0 unspecified atom stereocenters. The van der Waals surface area contributed by atoms with Crippen molar-refractivity contribution in [3.63, 3.8) is 0 Å². The van der Waals surface area contributed by atoms with Crippen molar-refractivity contribution in [2.45, 2.75) is 35.1 Å². The SMILES string of the molecule is N[C@@H]1CN(S(=O)(=O)c2ccc3c(c2)NC(=O)CCS3)C[C@H]1C1CC1. The van der Waals surface area contributed by atoms with Crippen LogP contribution in [0.1, 0.15) is 19.3 Å². The lowest BCUT2D eigenvalue weighted by atomic mass is 9.99. The molecule has 2 aliphatic heterocycles. The average Bonchev–Trinajstić information content (AvgIpc) is 3.32. The van der Waals surface area contributed by atoms with Gasteiger partial charge in [0.2, 0.25) is 15.9 Å². The number of hydrogen-bond donors (Lipinski definition) is 2. The van der Waals surface area contributed by atoms with E-state index in [2.05, 4.69) is 5.32 Å². The first-order chi connectivity index (χ1) is 11.4. The predicted octanol–water partition coefficient (Wildman–Crippen LogP) is 1.48. The number of thioether (sulfide) groups is 1. The van der Waals surface area contributed by atoms with Gasteiger partial charge in [0.05, 0.1) is 10.6 Å². The Kier molecular flexibility index (Phi) is 4.11. The lowest BCUT2D eigenvalue weighted by Crippen LogP contribution is -2.32. The Morgan fingerprint density at radius 2 is 2.04 bits per heavy atom. The molecule has 0 aromatic heterocycles. The van der Waals surface area contributed by atoms with Gasteiger partial charge in [-0.3, -0.25) is 4.79 Å². The van der Waals surface area contributed by atoms with Crippen LogP contribution in [0, 0.1) is 11.8 Å². The maximum absolute atomic E-state index is 13.0. The number of rotatable bonds is 3. The molecule has 3 N–H and O–H groups in total. The molecule has 1 saturated carbocycles. The third-order valence-electron chi connectivity index (χ3n) is 5.06. The zero-order chi connectivity index (χ0) is 16.9. The second kappa shape index (κ2) is 6.01. The average molecular weight is 367 g/mol. The van der Waals surface area contributed by atoms with Crippen molar-refractivity contribution < 1.29 is 13.2 Å². The molecule has 3 aliphatic rings. The standard InChI is InChI=1S/C16H21N3O3S2/c17-13-9-19(8-12(13)10-1-2-10)24(21,22)11-3-4-15-14(7-11)18-16(20)5-6-23-15/h3-4,7,10,12-13H,1-2,5-6,8-9,17H2,(H,18,20)/t12-,13+/m0/s1. The summed E-state index contributed by atoms with van der Waals surface area (Å²) in [6, 6.07) is 4.92. The van der Waals surface area contributed by atoms with Crippen molar-refractivity contribution in [1.82, 2.24) is 4.31 Å². The molecule has 1 aromatic rings. The Morgan fingerprint density at radius 1 is 1.25 bits per heavy atom. The van der Waals surface area contributed by atoms with Crippen LogP contribution >= 0.6 is 11.8 Å². The summed E-state index contributed by atoms with van der Waals surface area (Å²) >= 11 is 1.57. The first-order valence-corrected chi connectivity index (χ1v) is 10.7. The Balaban J connectivity index is 1.61. The molecule has 2 heterocycles. The third kappa shape index (κ3) is 2.96. The molecule has 2 fully saturated rings. The van der Waals surface area contributed by atoms with Crippen LogP contribution in [-0.4, -0.2) is 43.5 Å². The Morgan fingerprint density at radius 3 is 2.79 bits per heavy atom. The van der Waals surface area contributed by atoms with Gasteiger partial charge in [0.25, 0.3) is 0 Å². The molecular formula is C16H21N3O3S2. The van der Waals surface area contributed by atoms with E-state index in [1.165, 1.54) is 4.31 Å². The number of carbonyl (C=O) groups is 1. The number of fused-ring (bicyclic) bond motifs is 1. The van der Waals surface area contributed by atoms with Gasteiger partial charge in [-0.15, -0.1) is 11.8 Å². The van der Waals surface area contributed by atoms with Gasteiger partial charge in [0.1, 0.15) is 0 Å². The van der Waals surface area contributed by atoms with Gasteiger partial charge in [-0.1, -0.05) is 0 Å². The molecule has 8 heteroatoms. The smallest absolute Gasteiger partial charge is 0.243 e. The van der Waals surface area contributed by atoms with E-state index < -0.39 is 10.0 Å². The molecule has 6 nitrogen and oxygen atoms in total. The summed E-state index contributed by atoms with van der Waals surface area (Å²) in [5.41, 5.74) is 6.76. The Hall–Kier alpha value is -1.09. The van der Waals surface area contributed by atoms with E-state index in [4.69, 9.17) is 5.73 Å². The van der Waals surface area contributed by atoms with Gasteiger partial charge in [0.15, 0.2) is 0 Å². The topological polar surface area (TPSA) is 92.5 Å². The fourth-order valence-electron chi connectivity index (χ4n) is 3.54. The number of nitrogens with one attached hydrogen (secondary N) is 1. The van der Waals surface area contributed by atoms with E-state index in [1.807, 2.05) is 0 Å². The van der Waals surface area contributed by atoms with E-state index in [0.29, 0.717) is 36.9 Å². The molecule has 1 saturated heterocycles. The number of nitrogens with two attached hydrogens (primary N) is 1. The second-order valence-corrected chi connectivity index (χ2v) is 9.87. The summed E-state index contributed by atoms with van der Waals surface area (Å²) in [4.78, 5) is 12.9. The number of carbonyl (C=O) groups excluding carboxylic acids is 1. The molecule has 1 aromatic carbocycles. The minimum absolute atomic E-state index is 0.0761. The fourth-order valence-corrected chi connectivity index (χ4v) is 6.02. The van der Waals surface area contributed by atoms with Crippen molar-refractivity contribution in [2.24, 2.45) is 17.6 Å². The predicted molar refractivity (Wildman–Crippen MR) is 93.4 cm³/mol. The van der Waals surface area contributed by atoms with E-state index in [9.17, 15) is 13.2 Å². The van der Waals surface area contributed by atoms with Crippen LogP contribution in [0.3, 0.4) is 0 Å². The highest BCUT2D eigenvalue weighted by Crippen LogP contribution is 2.42. The van der Waals surface area contributed by atoms with Crippen molar-refractivity contribution in [2.75, 3.05) is 24.2 Å². The van der Waals surface area contributed by atoms with Crippen LogP contribution in [-0.2, 0) is 14.8 Å². The lowest BCUT2D eigenvalue weighted by Gasteiger charge is -2.17. The summed E-state index contributed by atoms with van der Waals surface area (Å²) in [5.74, 6) is 1.49. The third-order valence-corrected chi connectivity index (χ3v) is 7.96. The van der Waals surface area contributed by atoms with E-state index >= 15 is 0 Å². The molecule has 130 valence electrons. The van der Waals surface area contributed by atoms with Crippen molar-refractivity contribution in [1.29, 1.82) is 0 Å². The minimum Gasteiger partial charge on any atom is -0.326 e. The van der Waals surface area contributed by atoms with Gasteiger partial charge in [-0.05, 0) is 42.9 Å². The van der Waals surface area contributed by atoms with Gasteiger partial charge < -0.3 is 11.1 Å².